The molecule has 0 aliphatic carbocycles. The molecule has 20 heavy (non-hydrogen) atoms. The summed E-state index contributed by atoms with van der Waals surface area (Å²) in [5.41, 5.74) is 2.46. The van der Waals surface area contributed by atoms with Crippen LogP contribution in [0.15, 0.2) is 18.2 Å². The smallest absolute Gasteiger partial charge is 0.125 e. The summed E-state index contributed by atoms with van der Waals surface area (Å²) in [5.74, 6) is 1.06. The third kappa shape index (κ3) is 3.97. The Balaban J connectivity index is 1.85. The minimum Gasteiger partial charge on any atom is -0.492 e. The number of hydrogen-bond donors (Lipinski definition) is 1. The fraction of sp³-hybridized carbons (Fsp3) is 0.647. The maximum absolute atomic E-state index is 6.03. The molecule has 1 N–H and O–H groups in total. The quantitative estimate of drug-likeness (QED) is 0.864. The van der Waals surface area contributed by atoms with E-state index in [9.17, 15) is 0 Å². The van der Waals surface area contributed by atoms with E-state index in [1.54, 1.807) is 0 Å². The Hall–Kier alpha value is -1.06. The van der Waals surface area contributed by atoms with Crippen molar-refractivity contribution in [3.05, 3.63) is 29.3 Å². The molecule has 0 amide bonds. The van der Waals surface area contributed by atoms with Crippen LogP contribution in [-0.4, -0.2) is 43.7 Å². The van der Waals surface area contributed by atoms with Crippen molar-refractivity contribution in [3.8, 4) is 5.75 Å². The monoisotopic (exact) mass is 276 g/mol. The molecule has 0 aromatic heterocycles. The van der Waals surface area contributed by atoms with Crippen molar-refractivity contribution in [1.82, 2.24) is 10.2 Å². The van der Waals surface area contributed by atoms with Gasteiger partial charge < -0.3 is 10.1 Å². The van der Waals surface area contributed by atoms with Crippen LogP contribution in [0.1, 0.15) is 30.9 Å². The predicted molar refractivity (Wildman–Crippen MR) is 84.5 cm³/mol. The molecule has 1 aliphatic heterocycles. The van der Waals surface area contributed by atoms with Crippen LogP contribution in [0, 0.1) is 13.8 Å². The van der Waals surface area contributed by atoms with Crippen molar-refractivity contribution >= 4 is 0 Å². The highest BCUT2D eigenvalue weighted by Crippen LogP contribution is 2.22. The fourth-order valence-electron chi connectivity index (χ4n) is 3.01. The first-order chi connectivity index (χ1) is 9.72. The molecule has 1 aromatic rings. The molecule has 1 aliphatic rings. The first-order valence-corrected chi connectivity index (χ1v) is 7.86. The molecule has 2 rings (SSSR count). The molecule has 3 heteroatoms. The highest BCUT2D eigenvalue weighted by atomic mass is 16.5. The Labute approximate surface area is 123 Å². The molecule has 0 radical (unpaired) electrons. The molecule has 1 aromatic carbocycles. The lowest BCUT2D eigenvalue weighted by atomic mass is 10.1. The second kappa shape index (κ2) is 7.65. The molecule has 1 fully saturated rings. The number of piperazine rings is 1. The van der Waals surface area contributed by atoms with Crippen molar-refractivity contribution in [3.63, 3.8) is 0 Å². The Bertz CT molecular complexity index is 397. The summed E-state index contributed by atoms with van der Waals surface area (Å²) in [7, 11) is 0. The lowest BCUT2D eigenvalue weighted by molar-refractivity contribution is 0.126. The van der Waals surface area contributed by atoms with Gasteiger partial charge in [-0.15, -0.1) is 0 Å². The normalized spacial score (nSPS) is 20.1. The lowest BCUT2D eigenvalue weighted by Crippen LogP contribution is -2.52. The summed E-state index contributed by atoms with van der Waals surface area (Å²) in [6.07, 6.45) is 2.52. The maximum Gasteiger partial charge on any atom is 0.125 e. The van der Waals surface area contributed by atoms with Crippen LogP contribution in [0.3, 0.4) is 0 Å². The van der Waals surface area contributed by atoms with E-state index >= 15 is 0 Å². The van der Waals surface area contributed by atoms with Crippen LogP contribution in [0.2, 0.25) is 0 Å². The average Bonchev–Trinajstić information content (AvgIpc) is 2.44. The first-order valence-electron chi connectivity index (χ1n) is 7.86. The van der Waals surface area contributed by atoms with Crippen molar-refractivity contribution in [2.75, 3.05) is 32.8 Å². The standard InChI is InChI=1S/C17H28N2O/c1-4-6-16-13-18-9-10-19(16)11-12-20-17-14(2)7-5-8-15(17)3/h5,7-8,16,18H,4,6,9-13H2,1-3H3. The van der Waals surface area contributed by atoms with E-state index in [0.29, 0.717) is 6.04 Å². The highest BCUT2D eigenvalue weighted by molar-refractivity contribution is 5.39. The molecule has 1 saturated heterocycles. The van der Waals surface area contributed by atoms with Crippen LogP contribution in [-0.2, 0) is 0 Å². The molecule has 0 saturated carbocycles. The van der Waals surface area contributed by atoms with Gasteiger partial charge in [0.25, 0.3) is 0 Å². The predicted octanol–water partition coefficient (Wildman–Crippen LogP) is 2.76. The van der Waals surface area contributed by atoms with Gasteiger partial charge in [-0.1, -0.05) is 31.5 Å². The van der Waals surface area contributed by atoms with E-state index in [4.69, 9.17) is 4.74 Å². The lowest BCUT2D eigenvalue weighted by Gasteiger charge is -2.36. The van der Waals surface area contributed by atoms with Gasteiger partial charge in [-0.25, -0.2) is 0 Å². The van der Waals surface area contributed by atoms with E-state index in [0.717, 1.165) is 38.5 Å². The van der Waals surface area contributed by atoms with Crippen LogP contribution in [0.4, 0.5) is 0 Å². The van der Waals surface area contributed by atoms with Crippen LogP contribution in [0.25, 0.3) is 0 Å². The third-order valence-electron chi connectivity index (χ3n) is 4.13. The van der Waals surface area contributed by atoms with Gasteiger partial charge in [0.2, 0.25) is 0 Å². The molecular weight excluding hydrogens is 248 g/mol. The molecular formula is C17H28N2O. The van der Waals surface area contributed by atoms with Gasteiger partial charge in [0.1, 0.15) is 12.4 Å². The summed E-state index contributed by atoms with van der Waals surface area (Å²) >= 11 is 0. The van der Waals surface area contributed by atoms with Crippen LogP contribution >= 0.6 is 0 Å². The molecule has 1 atom stereocenters. The Morgan fingerprint density at radius 3 is 2.75 bits per heavy atom. The second-order valence-electron chi connectivity index (χ2n) is 5.75. The Morgan fingerprint density at radius 1 is 1.30 bits per heavy atom. The topological polar surface area (TPSA) is 24.5 Å². The van der Waals surface area contributed by atoms with Crippen molar-refractivity contribution in [2.45, 2.75) is 39.7 Å². The highest BCUT2D eigenvalue weighted by Gasteiger charge is 2.20. The summed E-state index contributed by atoms with van der Waals surface area (Å²) in [6, 6.07) is 7.00. The van der Waals surface area contributed by atoms with Gasteiger partial charge in [-0.2, -0.15) is 0 Å². The zero-order valence-electron chi connectivity index (χ0n) is 13.1. The van der Waals surface area contributed by atoms with Crippen LogP contribution < -0.4 is 10.1 Å². The Morgan fingerprint density at radius 2 is 2.05 bits per heavy atom. The fourth-order valence-corrected chi connectivity index (χ4v) is 3.01. The number of benzene rings is 1. The van der Waals surface area contributed by atoms with Gasteiger partial charge in [0.05, 0.1) is 0 Å². The van der Waals surface area contributed by atoms with Crippen molar-refractivity contribution < 1.29 is 4.74 Å². The van der Waals surface area contributed by atoms with Crippen molar-refractivity contribution in [1.29, 1.82) is 0 Å². The number of aryl methyl sites for hydroxylation is 2. The molecule has 0 spiro atoms. The summed E-state index contributed by atoms with van der Waals surface area (Å²) in [6.45, 7) is 11.7. The number of hydrogen-bond acceptors (Lipinski definition) is 3. The van der Waals surface area contributed by atoms with E-state index < -0.39 is 0 Å². The molecule has 1 unspecified atom stereocenters. The van der Waals surface area contributed by atoms with E-state index in [2.05, 4.69) is 49.2 Å². The SMILES string of the molecule is CCCC1CNCCN1CCOc1c(C)cccc1C. The van der Waals surface area contributed by atoms with Gasteiger partial charge in [0, 0.05) is 32.2 Å². The zero-order chi connectivity index (χ0) is 14.4. The van der Waals surface area contributed by atoms with Gasteiger partial charge in [0.15, 0.2) is 0 Å². The zero-order valence-corrected chi connectivity index (χ0v) is 13.1. The van der Waals surface area contributed by atoms with Crippen LogP contribution in [0.5, 0.6) is 5.75 Å². The average molecular weight is 276 g/mol. The summed E-state index contributed by atoms with van der Waals surface area (Å²) < 4.78 is 6.03. The Kier molecular flexibility index (Phi) is 5.86. The summed E-state index contributed by atoms with van der Waals surface area (Å²) in [4.78, 5) is 2.58. The number of nitrogens with one attached hydrogen (secondary N) is 1. The van der Waals surface area contributed by atoms with Gasteiger partial charge in [-0.05, 0) is 31.4 Å². The van der Waals surface area contributed by atoms with E-state index in [1.807, 2.05) is 0 Å². The first kappa shape index (κ1) is 15.3. The van der Waals surface area contributed by atoms with Crippen molar-refractivity contribution in [2.24, 2.45) is 0 Å². The largest absolute Gasteiger partial charge is 0.492 e. The van der Waals surface area contributed by atoms with Gasteiger partial charge in [-0.3, -0.25) is 4.90 Å². The number of rotatable bonds is 6. The molecule has 112 valence electrons. The maximum atomic E-state index is 6.03. The second-order valence-corrected chi connectivity index (χ2v) is 5.75. The minimum absolute atomic E-state index is 0.676. The van der Waals surface area contributed by atoms with Gasteiger partial charge >= 0.3 is 0 Å². The number of nitrogens with zero attached hydrogens (tertiary/aromatic N) is 1. The van der Waals surface area contributed by atoms with E-state index in [1.165, 1.54) is 24.0 Å². The summed E-state index contributed by atoms with van der Waals surface area (Å²) in [5, 5.41) is 3.49. The number of ether oxygens (including phenoxy) is 1. The third-order valence-corrected chi connectivity index (χ3v) is 4.13. The minimum atomic E-state index is 0.676. The molecule has 0 bridgehead atoms. The molecule has 1 heterocycles. The molecule has 3 nitrogen and oxygen atoms in total. The van der Waals surface area contributed by atoms with E-state index in [-0.39, 0.29) is 0 Å². The number of para-hydroxylation sites is 1.